The molecule has 1 amide bonds. The quantitative estimate of drug-likeness (QED) is 0.757. The molecule has 1 N–H and O–H groups in total. The summed E-state index contributed by atoms with van der Waals surface area (Å²) in [6, 6.07) is 13.4. The Morgan fingerprint density at radius 2 is 1.91 bits per heavy atom. The van der Waals surface area contributed by atoms with Crippen molar-refractivity contribution in [2.24, 2.45) is 0 Å². The van der Waals surface area contributed by atoms with Crippen LogP contribution in [-0.2, 0) is 6.54 Å². The molecule has 0 aliphatic carbocycles. The summed E-state index contributed by atoms with van der Waals surface area (Å²) in [6.07, 6.45) is 3.52. The van der Waals surface area contributed by atoms with Crippen molar-refractivity contribution in [2.75, 3.05) is 0 Å². The summed E-state index contributed by atoms with van der Waals surface area (Å²) >= 11 is 3.34. The van der Waals surface area contributed by atoms with E-state index in [4.69, 9.17) is 0 Å². The molecule has 6 heteroatoms. The number of nitrogens with one attached hydrogen (secondary N) is 1. The maximum absolute atomic E-state index is 13.5. The maximum Gasteiger partial charge on any atom is 0.251 e. The minimum atomic E-state index is -0.326. The van der Waals surface area contributed by atoms with Crippen molar-refractivity contribution >= 4 is 21.8 Å². The van der Waals surface area contributed by atoms with E-state index in [1.165, 1.54) is 6.07 Å². The number of rotatable bonds is 4. The van der Waals surface area contributed by atoms with Crippen molar-refractivity contribution in [1.82, 2.24) is 15.1 Å². The molecule has 0 aliphatic rings. The molecule has 0 radical (unpaired) electrons. The summed E-state index contributed by atoms with van der Waals surface area (Å²) in [4.78, 5) is 12.1. The molecule has 1 heterocycles. The number of amides is 1. The van der Waals surface area contributed by atoms with Gasteiger partial charge in [-0.15, -0.1) is 0 Å². The van der Waals surface area contributed by atoms with E-state index in [0.717, 1.165) is 10.2 Å². The molecule has 3 aromatic rings. The van der Waals surface area contributed by atoms with Gasteiger partial charge in [0, 0.05) is 23.9 Å². The predicted molar refractivity (Wildman–Crippen MR) is 88.8 cm³/mol. The molecule has 1 aromatic heterocycles. The first kappa shape index (κ1) is 15.4. The molecule has 0 atom stereocenters. The van der Waals surface area contributed by atoms with Crippen LogP contribution in [0.3, 0.4) is 0 Å². The number of aromatic nitrogens is 2. The molecule has 0 aliphatic heterocycles. The van der Waals surface area contributed by atoms with Gasteiger partial charge < -0.3 is 5.32 Å². The van der Waals surface area contributed by atoms with E-state index in [0.29, 0.717) is 11.1 Å². The Bertz CT molecular complexity index is 830. The summed E-state index contributed by atoms with van der Waals surface area (Å²) in [7, 11) is 0. The van der Waals surface area contributed by atoms with Gasteiger partial charge in [-0.2, -0.15) is 5.10 Å². The molecule has 23 heavy (non-hydrogen) atoms. The van der Waals surface area contributed by atoms with E-state index in [1.54, 1.807) is 53.3 Å². The first-order valence-corrected chi connectivity index (χ1v) is 7.75. The molecule has 0 fully saturated rings. The van der Waals surface area contributed by atoms with E-state index >= 15 is 0 Å². The van der Waals surface area contributed by atoms with Crippen LogP contribution in [0.1, 0.15) is 15.9 Å². The van der Waals surface area contributed by atoms with E-state index < -0.39 is 0 Å². The molecule has 0 saturated heterocycles. The Kier molecular flexibility index (Phi) is 4.52. The van der Waals surface area contributed by atoms with Gasteiger partial charge in [0.2, 0.25) is 0 Å². The van der Waals surface area contributed by atoms with Gasteiger partial charge in [-0.05, 0) is 46.3 Å². The van der Waals surface area contributed by atoms with E-state index in [2.05, 4.69) is 26.3 Å². The summed E-state index contributed by atoms with van der Waals surface area (Å²) in [5.41, 5.74) is 1.82. The Morgan fingerprint density at radius 1 is 1.17 bits per heavy atom. The van der Waals surface area contributed by atoms with Crippen molar-refractivity contribution < 1.29 is 9.18 Å². The normalized spacial score (nSPS) is 10.5. The third kappa shape index (κ3) is 3.65. The lowest BCUT2D eigenvalue weighted by atomic mass is 10.1. The molecule has 4 nitrogen and oxygen atoms in total. The van der Waals surface area contributed by atoms with Crippen LogP contribution < -0.4 is 5.32 Å². The minimum Gasteiger partial charge on any atom is -0.348 e. The Morgan fingerprint density at radius 3 is 2.57 bits per heavy atom. The van der Waals surface area contributed by atoms with Crippen LogP contribution in [0.5, 0.6) is 0 Å². The molecule has 116 valence electrons. The Balaban J connectivity index is 1.67. The molecule has 2 aromatic carbocycles. The van der Waals surface area contributed by atoms with Crippen LogP contribution in [0.25, 0.3) is 5.69 Å². The van der Waals surface area contributed by atoms with Gasteiger partial charge in [-0.25, -0.2) is 9.07 Å². The Labute approximate surface area is 141 Å². The maximum atomic E-state index is 13.5. The number of carbonyl (C=O) groups is 1. The number of hydrogen-bond donors (Lipinski definition) is 1. The van der Waals surface area contributed by atoms with Gasteiger partial charge in [-0.1, -0.05) is 18.2 Å². The number of halogens is 2. The molecular weight excluding hydrogens is 361 g/mol. The molecule has 0 saturated carbocycles. The highest BCUT2D eigenvalue weighted by Crippen LogP contribution is 2.13. The van der Waals surface area contributed by atoms with Crippen LogP contribution in [0.15, 0.2) is 65.4 Å². The standard InChI is InChI=1S/C17H13BrFN3O/c18-14-10-21-22(11-14)15-7-5-12(6-8-15)17(23)20-9-13-3-1-2-4-16(13)19/h1-8,10-11H,9H2,(H,20,23). The minimum absolute atomic E-state index is 0.152. The summed E-state index contributed by atoms with van der Waals surface area (Å²) in [5.74, 6) is -0.575. The van der Waals surface area contributed by atoms with Gasteiger partial charge in [0.1, 0.15) is 5.82 Å². The van der Waals surface area contributed by atoms with Crippen LogP contribution in [0.4, 0.5) is 4.39 Å². The average molecular weight is 374 g/mol. The third-order valence-electron chi connectivity index (χ3n) is 3.34. The van der Waals surface area contributed by atoms with Crippen LogP contribution in [0.2, 0.25) is 0 Å². The number of hydrogen-bond acceptors (Lipinski definition) is 2. The number of carbonyl (C=O) groups excluding carboxylic acids is 1. The second kappa shape index (κ2) is 6.75. The lowest BCUT2D eigenvalue weighted by molar-refractivity contribution is 0.0950. The zero-order valence-corrected chi connectivity index (χ0v) is 13.6. The second-order valence-electron chi connectivity index (χ2n) is 4.92. The summed E-state index contributed by atoms with van der Waals surface area (Å²) < 4.78 is 16.1. The smallest absolute Gasteiger partial charge is 0.251 e. The van der Waals surface area contributed by atoms with Crippen LogP contribution in [-0.4, -0.2) is 15.7 Å². The molecule has 0 spiro atoms. The van der Waals surface area contributed by atoms with Crippen molar-refractivity contribution in [3.63, 3.8) is 0 Å². The van der Waals surface area contributed by atoms with Gasteiger partial charge >= 0.3 is 0 Å². The van der Waals surface area contributed by atoms with Crippen LogP contribution >= 0.6 is 15.9 Å². The van der Waals surface area contributed by atoms with Crippen molar-refractivity contribution in [2.45, 2.75) is 6.54 Å². The van der Waals surface area contributed by atoms with Gasteiger partial charge in [-0.3, -0.25) is 4.79 Å². The highest BCUT2D eigenvalue weighted by atomic mass is 79.9. The van der Waals surface area contributed by atoms with E-state index in [1.807, 2.05) is 6.20 Å². The summed E-state index contributed by atoms with van der Waals surface area (Å²) in [6.45, 7) is 0.152. The largest absolute Gasteiger partial charge is 0.348 e. The second-order valence-corrected chi connectivity index (χ2v) is 5.84. The summed E-state index contributed by atoms with van der Waals surface area (Å²) in [5, 5.41) is 6.88. The lowest BCUT2D eigenvalue weighted by Crippen LogP contribution is -2.23. The highest BCUT2D eigenvalue weighted by Gasteiger charge is 2.08. The molecular formula is C17H13BrFN3O. The van der Waals surface area contributed by atoms with Gasteiger partial charge in [0.25, 0.3) is 5.91 Å². The lowest BCUT2D eigenvalue weighted by Gasteiger charge is -2.07. The fourth-order valence-electron chi connectivity index (χ4n) is 2.13. The van der Waals surface area contributed by atoms with Gasteiger partial charge in [0.05, 0.1) is 16.4 Å². The number of nitrogens with zero attached hydrogens (tertiary/aromatic N) is 2. The fourth-order valence-corrected chi connectivity index (χ4v) is 2.41. The molecule has 0 unspecified atom stereocenters. The third-order valence-corrected chi connectivity index (χ3v) is 3.75. The zero-order chi connectivity index (χ0) is 16.2. The Hall–Kier alpha value is -2.47. The SMILES string of the molecule is O=C(NCc1ccccc1F)c1ccc(-n2cc(Br)cn2)cc1. The average Bonchev–Trinajstić information content (AvgIpc) is 3.00. The van der Waals surface area contributed by atoms with E-state index in [9.17, 15) is 9.18 Å². The van der Waals surface area contributed by atoms with Crippen molar-refractivity contribution in [3.8, 4) is 5.69 Å². The molecule has 0 bridgehead atoms. The van der Waals surface area contributed by atoms with Crippen molar-refractivity contribution in [3.05, 3.63) is 82.3 Å². The first-order chi connectivity index (χ1) is 11.1. The van der Waals surface area contributed by atoms with Crippen LogP contribution in [0, 0.1) is 5.82 Å². The molecule has 3 rings (SSSR count). The number of benzene rings is 2. The predicted octanol–water partition coefficient (Wildman–Crippen LogP) is 3.70. The monoisotopic (exact) mass is 373 g/mol. The van der Waals surface area contributed by atoms with Crippen molar-refractivity contribution in [1.29, 1.82) is 0 Å². The zero-order valence-electron chi connectivity index (χ0n) is 12.0. The van der Waals surface area contributed by atoms with Gasteiger partial charge in [0.15, 0.2) is 0 Å². The topological polar surface area (TPSA) is 46.9 Å². The first-order valence-electron chi connectivity index (χ1n) is 6.96. The fraction of sp³-hybridized carbons (Fsp3) is 0.0588. The highest BCUT2D eigenvalue weighted by molar-refractivity contribution is 9.10. The van der Waals surface area contributed by atoms with E-state index in [-0.39, 0.29) is 18.3 Å².